The highest BCUT2D eigenvalue weighted by molar-refractivity contribution is 7.11. The van der Waals surface area contributed by atoms with Crippen molar-refractivity contribution in [2.75, 3.05) is 38.2 Å². The Labute approximate surface area is 204 Å². The number of carbonyl (C=O) groups is 2. The van der Waals surface area contributed by atoms with E-state index >= 15 is 0 Å². The van der Waals surface area contributed by atoms with Crippen molar-refractivity contribution in [3.8, 4) is 5.75 Å². The number of hydrogen-bond acceptors (Lipinski definition) is 8. The zero-order valence-corrected chi connectivity index (χ0v) is 19.9. The molecule has 2 aromatic rings. The number of morpholine rings is 1. The topological polar surface area (TPSA) is 93.7 Å². The number of aromatic nitrogens is 2. The van der Waals surface area contributed by atoms with E-state index in [0.717, 1.165) is 36.8 Å². The van der Waals surface area contributed by atoms with Gasteiger partial charge >= 0.3 is 6.36 Å². The summed E-state index contributed by atoms with van der Waals surface area (Å²) in [6.45, 7) is 2.04. The van der Waals surface area contributed by atoms with Crippen LogP contribution in [-0.4, -0.2) is 66.0 Å². The first kappa shape index (κ1) is 25.5. The van der Waals surface area contributed by atoms with Crippen LogP contribution < -0.4 is 10.1 Å². The Bertz CT molecular complexity index is 1030. The number of carbonyl (C=O) groups excluding carboxylic acids is 2. The van der Waals surface area contributed by atoms with Crippen LogP contribution in [0.15, 0.2) is 18.2 Å². The van der Waals surface area contributed by atoms with Gasteiger partial charge in [0.05, 0.1) is 31.9 Å². The fraction of sp³-hybridized carbons (Fsp3) is 0.565. The molecule has 0 atom stereocenters. The summed E-state index contributed by atoms with van der Waals surface area (Å²) >= 11 is 1.41. The zero-order valence-electron chi connectivity index (χ0n) is 19.1. The third-order valence-electron chi connectivity index (χ3n) is 6.02. The maximum atomic E-state index is 12.9. The van der Waals surface area contributed by atoms with Crippen molar-refractivity contribution < 1.29 is 32.2 Å². The Hall–Kier alpha value is -2.57. The van der Waals surface area contributed by atoms with Crippen LogP contribution in [0.5, 0.6) is 5.75 Å². The normalized spacial score (nSPS) is 17.8. The van der Waals surface area contributed by atoms with Gasteiger partial charge in [-0.2, -0.15) is 0 Å². The first-order valence-electron chi connectivity index (χ1n) is 11.6. The van der Waals surface area contributed by atoms with Gasteiger partial charge in [0.15, 0.2) is 11.5 Å². The summed E-state index contributed by atoms with van der Waals surface area (Å²) in [6.07, 6.45) is 0.700. The molecule has 1 saturated carbocycles. The molecule has 8 nitrogen and oxygen atoms in total. The van der Waals surface area contributed by atoms with Crippen molar-refractivity contribution in [1.82, 2.24) is 15.1 Å². The van der Waals surface area contributed by atoms with Crippen LogP contribution in [-0.2, 0) is 16.0 Å². The number of Topliss-reactive ketones (excluding diaryl/α,β-unsaturated/α-hetero) is 1. The minimum absolute atomic E-state index is 0.0122. The van der Waals surface area contributed by atoms with E-state index in [9.17, 15) is 22.8 Å². The molecule has 0 radical (unpaired) electrons. The maximum absolute atomic E-state index is 12.9. The Kier molecular flexibility index (Phi) is 8.34. The maximum Gasteiger partial charge on any atom is 0.573 e. The number of anilines is 1. The van der Waals surface area contributed by atoms with Crippen LogP contribution in [0.2, 0.25) is 0 Å². The Balaban J connectivity index is 1.46. The SMILES string of the molecule is O=C(CN1CCOCC1)Nc1cc(C(=O)Cc2nnc(C3CCCCC3)s2)ccc1OC(F)(F)F. The molecule has 2 fully saturated rings. The lowest BCUT2D eigenvalue weighted by atomic mass is 9.90. The predicted molar refractivity (Wildman–Crippen MR) is 123 cm³/mol. The number of ether oxygens (including phenoxy) is 2. The van der Waals surface area contributed by atoms with Crippen molar-refractivity contribution in [1.29, 1.82) is 0 Å². The van der Waals surface area contributed by atoms with Gasteiger partial charge in [0.2, 0.25) is 5.91 Å². The van der Waals surface area contributed by atoms with Gasteiger partial charge < -0.3 is 14.8 Å². The quantitative estimate of drug-likeness (QED) is 0.531. The van der Waals surface area contributed by atoms with Crippen LogP contribution in [0, 0.1) is 0 Å². The molecule has 0 unspecified atom stereocenters. The largest absolute Gasteiger partial charge is 0.573 e. The molecule has 4 rings (SSSR count). The number of halogens is 3. The third kappa shape index (κ3) is 7.45. The van der Waals surface area contributed by atoms with E-state index in [1.807, 2.05) is 4.90 Å². The van der Waals surface area contributed by atoms with Gasteiger partial charge in [-0.1, -0.05) is 19.3 Å². The molecule has 0 bridgehead atoms. The van der Waals surface area contributed by atoms with Gasteiger partial charge in [-0.15, -0.1) is 34.7 Å². The second kappa shape index (κ2) is 11.4. The standard InChI is InChI=1S/C23H27F3N4O4S/c24-23(25,26)34-19-7-6-16(12-17(19)27-20(32)14-30-8-10-33-11-9-30)18(31)13-21-28-29-22(35-21)15-4-2-1-3-5-15/h6-7,12,15H,1-5,8-11,13-14H2,(H,27,32). The molecule has 1 aliphatic carbocycles. The van der Waals surface area contributed by atoms with E-state index in [0.29, 0.717) is 37.2 Å². The highest BCUT2D eigenvalue weighted by Gasteiger charge is 2.33. The van der Waals surface area contributed by atoms with Crippen LogP contribution in [0.25, 0.3) is 0 Å². The molecule has 190 valence electrons. The monoisotopic (exact) mass is 512 g/mol. The number of rotatable bonds is 8. The summed E-state index contributed by atoms with van der Waals surface area (Å²) in [5.41, 5.74) is -0.0674. The van der Waals surface area contributed by atoms with E-state index in [4.69, 9.17) is 4.74 Å². The molecule has 1 saturated heterocycles. The van der Waals surface area contributed by atoms with Gasteiger partial charge in [0.25, 0.3) is 0 Å². The van der Waals surface area contributed by atoms with Crippen LogP contribution in [0.3, 0.4) is 0 Å². The molecular weight excluding hydrogens is 485 g/mol. The average Bonchev–Trinajstić information content (AvgIpc) is 3.29. The summed E-state index contributed by atoms with van der Waals surface area (Å²) < 4.78 is 48.0. The van der Waals surface area contributed by atoms with Crippen molar-refractivity contribution in [3.05, 3.63) is 33.8 Å². The zero-order chi connectivity index (χ0) is 24.8. The van der Waals surface area contributed by atoms with E-state index in [-0.39, 0.29) is 30.0 Å². The highest BCUT2D eigenvalue weighted by atomic mass is 32.1. The third-order valence-corrected chi connectivity index (χ3v) is 7.11. The number of alkyl halides is 3. The second-order valence-corrected chi connectivity index (χ2v) is 9.76. The molecular formula is C23H27F3N4O4S. The second-order valence-electron chi connectivity index (χ2n) is 8.66. The average molecular weight is 513 g/mol. The molecule has 1 aliphatic heterocycles. The Morgan fingerprint density at radius 2 is 1.89 bits per heavy atom. The van der Waals surface area contributed by atoms with Crippen LogP contribution >= 0.6 is 11.3 Å². The van der Waals surface area contributed by atoms with Crippen molar-refractivity contribution in [3.63, 3.8) is 0 Å². The number of amides is 1. The lowest BCUT2D eigenvalue weighted by Crippen LogP contribution is -2.41. The van der Waals surface area contributed by atoms with Crippen molar-refractivity contribution in [2.24, 2.45) is 0 Å². The lowest BCUT2D eigenvalue weighted by Gasteiger charge is -2.26. The molecule has 1 N–H and O–H groups in total. The molecule has 2 heterocycles. The van der Waals surface area contributed by atoms with E-state index in [2.05, 4.69) is 20.3 Å². The molecule has 12 heteroatoms. The molecule has 0 spiro atoms. The molecule has 1 aromatic carbocycles. The van der Waals surface area contributed by atoms with E-state index in [1.54, 1.807) is 0 Å². The highest BCUT2D eigenvalue weighted by Crippen LogP contribution is 2.35. The van der Waals surface area contributed by atoms with Gasteiger partial charge in [-0.25, -0.2) is 0 Å². The predicted octanol–water partition coefficient (Wildman–Crippen LogP) is 4.18. The number of nitrogens with zero attached hydrogens (tertiary/aromatic N) is 3. The van der Waals surface area contributed by atoms with Crippen molar-refractivity contribution in [2.45, 2.75) is 50.8 Å². The van der Waals surface area contributed by atoms with Crippen LogP contribution in [0.1, 0.15) is 58.4 Å². The van der Waals surface area contributed by atoms with E-state index in [1.165, 1.54) is 29.9 Å². The first-order chi connectivity index (χ1) is 16.8. The summed E-state index contributed by atoms with van der Waals surface area (Å²) in [7, 11) is 0. The van der Waals surface area contributed by atoms with Gasteiger partial charge in [0.1, 0.15) is 10.0 Å². The molecule has 2 aliphatic rings. The smallest absolute Gasteiger partial charge is 0.404 e. The van der Waals surface area contributed by atoms with Crippen LogP contribution in [0.4, 0.5) is 18.9 Å². The molecule has 35 heavy (non-hydrogen) atoms. The number of hydrogen-bond donors (Lipinski definition) is 1. The Morgan fingerprint density at radius 3 is 2.60 bits per heavy atom. The van der Waals surface area contributed by atoms with Gasteiger partial charge in [0, 0.05) is 24.6 Å². The van der Waals surface area contributed by atoms with Gasteiger partial charge in [-0.05, 0) is 31.0 Å². The number of benzene rings is 1. The minimum Gasteiger partial charge on any atom is -0.404 e. The summed E-state index contributed by atoms with van der Waals surface area (Å²) in [5.74, 6) is -1.06. The number of ketones is 1. The summed E-state index contributed by atoms with van der Waals surface area (Å²) in [6, 6.07) is 3.51. The molecule has 1 amide bonds. The fourth-order valence-electron chi connectivity index (χ4n) is 4.26. The first-order valence-corrected chi connectivity index (χ1v) is 12.4. The summed E-state index contributed by atoms with van der Waals surface area (Å²) in [4.78, 5) is 27.2. The van der Waals surface area contributed by atoms with Crippen molar-refractivity contribution >= 4 is 28.7 Å². The Morgan fingerprint density at radius 1 is 1.14 bits per heavy atom. The minimum atomic E-state index is -4.95. The summed E-state index contributed by atoms with van der Waals surface area (Å²) in [5, 5.41) is 12.4. The number of nitrogens with one attached hydrogen (secondary N) is 1. The fourth-order valence-corrected chi connectivity index (χ4v) is 5.27. The lowest BCUT2D eigenvalue weighted by molar-refractivity contribution is -0.274. The van der Waals surface area contributed by atoms with Gasteiger partial charge in [-0.3, -0.25) is 14.5 Å². The molecule has 1 aromatic heterocycles. The van der Waals surface area contributed by atoms with E-state index < -0.39 is 18.0 Å².